The van der Waals surface area contributed by atoms with Crippen molar-refractivity contribution in [2.24, 2.45) is 0 Å². The molecule has 1 aromatic carbocycles. The molecular weight excluding hydrogens is 407 g/mol. The number of nitrogens with zero attached hydrogens (tertiary/aromatic N) is 1. The van der Waals surface area contributed by atoms with E-state index in [9.17, 15) is 17.6 Å². The number of nitrogens with one attached hydrogen (secondary N) is 1. The minimum Gasteiger partial charge on any atom is -0.352 e. The number of hydrogen-bond acceptors (Lipinski definition) is 4. The number of carbonyl (C=O) groups excluding carboxylic acids is 1. The van der Waals surface area contributed by atoms with Crippen LogP contribution in [0.25, 0.3) is 0 Å². The summed E-state index contributed by atoms with van der Waals surface area (Å²) >= 11 is 4.47. The Morgan fingerprint density at radius 1 is 1.57 bits per heavy atom. The van der Waals surface area contributed by atoms with Crippen LogP contribution in [0.1, 0.15) is 20.3 Å². The fraction of sp³-hybridized carbons (Fsp3) is 0.500. The first-order valence-electron chi connectivity index (χ1n) is 7.12. The Morgan fingerprint density at radius 2 is 2.26 bits per heavy atom. The van der Waals surface area contributed by atoms with Crippen molar-refractivity contribution < 1.29 is 17.6 Å². The molecule has 2 atom stereocenters. The maximum Gasteiger partial charge on any atom is 0.245 e. The van der Waals surface area contributed by atoms with Crippen molar-refractivity contribution in [3.05, 3.63) is 28.5 Å². The van der Waals surface area contributed by atoms with Crippen molar-refractivity contribution >= 4 is 43.6 Å². The van der Waals surface area contributed by atoms with Crippen LogP contribution in [0.3, 0.4) is 0 Å². The molecule has 2 rings (SSSR count). The quantitative estimate of drug-likeness (QED) is 0.788. The van der Waals surface area contributed by atoms with Gasteiger partial charge in [-0.05, 0) is 47.5 Å². The molecule has 1 N–H and O–H groups in total. The van der Waals surface area contributed by atoms with Crippen molar-refractivity contribution in [3.8, 4) is 0 Å². The smallest absolute Gasteiger partial charge is 0.245 e. The van der Waals surface area contributed by atoms with E-state index in [0.717, 1.165) is 18.6 Å². The van der Waals surface area contributed by atoms with Crippen molar-refractivity contribution in [1.82, 2.24) is 9.62 Å². The molecule has 0 aromatic heterocycles. The number of amides is 1. The summed E-state index contributed by atoms with van der Waals surface area (Å²) in [4.78, 5) is 12.3. The molecule has 0 bridgehead atoms. The highest BCUT2D eigenvalue weighted by Gasteiger charge is 2.40. The Hall–Kier alpha value is -0.640. The van der Waals surface area contributed by atoms with E-state index in [-0.39, 0.29) is 27.2 Å². The van der Waals surface area contributed by atoms with E-state index in [1.54, 1.807) is 0 Å². The molecule has 2 unspecified atom stereocenters. The number of rotatable bonds is 5. The third-order valence-electron chi connectivity index (χ3n) is 3.63. The third kappa shape index (κ3) is 4.07. The van der Waals surface area contributed by atoms with Gasteiger partial charge in [0.05, 0.1) is 10.8 Å². The molecule has 1 aromatic rings. The first-order chi connectivity index (χ1) is 10.8. The second-order valence-electron chi connectivity index (χ2n) is 5.30. The molecule has 0 aliphatic carbocycles. The van der Waals surface area contributed by atoms with E-state index in [1.165, 1.54) is 22.1 Å². The van der Waals surface area contributed by atoms with Gasteiger partial charge >= 0.3 is 0 Å². The molecule has 1 aliphatic heterocycles. The highest BCUT2D eigenvalue weighted by Crippen LogP contribution is 2.32. The lowest BCUT2D eigenvalue weighted by molar-refractivity contribution is -0.124. The van der Waals surface area contributed by atoms with Gasteiger partial charge in [0.2, 0.25) is 15.9 Å². The Morgan fingerprint density at radius 3 is 2.87 bits per heavy atom. The zero-order valence-electron chi connectivity index (χ0n) is 12.8. The first-order valence-corrected chi connectivity index (χ1v) is 10.5. The van der Waals surface area contributed by atoms with Crippen molar-refractivity contribution in [2.75, 3.05) is 11.6 Å². The molecular formula is C14H18BrFN2O3S2. The lowest BCUT2D eigenvalue weighted by atomic mass is 10.2. The lowest BCUT2D eigenvalue weighted by Gasteiger charge is -2.24. The van der Waals surface area contributed by atoms with Crippen LogP contribution in [0.4, 0.5) is 4.39 Å². The SMILES string of the molecule is CCC(C)NC(=O)C1CSCN1S(=O)(=O)c1ccc(F)cc1Br. The lowest BCUT2D eigenvalue weighted by Crippen LogP contribution is -2.49. The first kappa shape index (κ1) is 18.7. The van der Waals surface area contributed by atoms with Gasteiger partial charge in [-0.15, -0.1) is 11.8 Å². The van der Waals surface area contributed by atoms with E-state index in [2.05, 4.69) is 21.2 Å². The molecule has 1 aliphatic rings. The molecule has 1 heterocycles. The van der Waals surface area contributed by atoms with Crippen LogP contribution in [0.15, 0.2) is 27.6 Å². The number of hydrogen-bond donors (Lipinski definition) is 1. The monoisotopic (exact) mass is 424 g/mol. The zero-order chi connectivity index (χ0) is 17.2. The van der Waals surface area contributed by atoms with Crippen LogP contribution in [0.2, 0.25) is 0 Å². The molecule has 128 valence electrons. The molecule has 1 amide bonds. The molecule has 0 radical (unpaired) electrons. The van der Waals surface area contributed by atoms with Gasteiger partial charge in [-0.1, -0.05) is 6.92 Å². The largest absolute Gasteiger partial charge is 0.352 e. The van der Waals surface area contributed by atoms with Gasteiger partial charge in [0.1, 0.15) is 11.9 Å². The number of halogens is 2. The summed E-state index contributed by atoms with van der Waals surface area (Å²) in [6, 6.07) is 2.63. The van der Waals surface area contributed by atoms with E-state index < -0.39 is 21.9 Å². The predicted molar refractivity (Wildman–Crippen MR) is 92.1 cm³/mol. The molecule has 5 nitrogen and oxygen atoms in total. The fourth-order valence-corrected chi connectivity index (χ4v) is 6.28. The van der Waals surface area contributed by atoms with Gasteiger partial charge in [0.15, 0.2) is 0 Å². The number of carbonyl (C=O) groups is 1. The zero-order valence-corrected chi connectivity index (χ0v) is 16.0. The summed E-state index contributed by atoms with van der Waals surface area (Å²) in [7, 11) is -3.88. The summed E-state index contributed by atoms with van der Waals surface area (Å²) in [6.45, 7) is 3.81. The topological polar surface area (TPSA) is 66.5 Å². The number of sulfonamides is 1. The average molecular weight is 425 g/mol. The van der Waals surface area contributed by atoms with Crippen LogP contribution in [-0.4, -0.2) is 42.3 Å². The maximum absolute atomic E-state index is 13.2. The summed E-state index contributed by atoms with van der Waals surface area (Å²) in [5, 5.41) is 2.82. The minimum absolute atomic E-state index is 0.0183. The van der Waals surface area contributed by atoms with E-state index in [1.807, 2.05) is 13.8 Å². The standard InChI is InChI=1S/C14H18BrFN2O3S2/c1-3-9(2)17-14(19)12-7-22-8-18(12)23(20,21)13-5-4-10(16)6-11(13)15/h4-6,9,12H,3,7-8H2,1-2H3,(H,17,19). The third-order valence-corrected chi connectivity index (χ3v) is 7.63. The van der Waals surface area contributed by atoms with Crippen molar-refractivity contribution in [1.29, 1.82) is 0 Å². The molecule has 0 saturated carbocycles. The van der Waals surface area contributed by atoms with Gasteiger partial charge in [0.25, 0.3) is 0 Å². The summed E-state index contributed by atoms with van der Waals surface area (Å²) in [5.74, 6) is -0.228. The summed E-state index contributed by atoms with van der Waals surface area (Å²) < 4.78 is 40.1. The maximum atomic E-state index is 13.2. The summed E-state index contributed by atoms with van der Waals surface area (Å²) in [5.41, 5.74) is 0. The van der Waals surface area contributed by atoms with E-state index in [0.29, 0.717) is 5.75 Å². The molecule has 0 spiro atoms. The van der Waals surface area contributed by atoms with Gasteiger partial charge in [-0.25, -0.2) is 12.8 Å². The Bertz CT molecular complexity index is 699. The van der Waals surface area contributed by atoms with E-state index in [4.69, 9.17) is 0 Å². The number of thioether (sulfide) groups is 1. The Kier molecular flexibility index (Phi) is 6.10. The highest BCUT2D eigenvalue weighted by molar-refractivity contribution is 9.10. The second-order valence-corrected chi connectivity index (χ2v) is 9.01. The van der Waals surface area contributed by atoms with Gasteiger partial charge in [-0.3, -0.25) is 4.79 Å². The summed E-state index contributed by atoms with van der Waals surface area (Å²) in [6.07, 6.45) is 0.766. The fourth-order valence-electron chi connectivity index (χ4n) is 2.12. The predicted octanol–water partition coefficient (Wildman–Crippen LogP) is 2.57. The Balaban J connectivity index is 2.29. The van der Waals surface area contributed by atoms with Crippen LogP contribution < -0.4 is 5.32 Å². The van der Waals surface area contributed by atoms with Gasteiger partial charge < -0.3 is 5.32 Å². The molecule has 1 saturated heterocycles. The van der Waals surface area contributed by atoms with Crippen LogP contribution in [0.5, 0.6) is 0 Å². The number of benzene rings is 1. The molecule has 23 heavy (non-hydrogen) atoms. The van der Waals surface area contributed by atoms with Crippen molar-refractivity contribution in [2.45, 2.75) is 37.2 Å². The van der Waals surface area contributed by atoms with Gasteiger partial charge in [0, 0.05) is 16.3 Å². The molecule has 9 heteroatoms. The van der Waals surface area contributed by atoms with Gasteiger partial charge in [-0.2, -0.15) is 4.31 Å². The van der Waals surface area contributed by atoms with Crippen LogP contribution >= 0.6 is 27.7 Å². The average Bonchev–Trinajstić information content (AvgIpc) is 2.96. The minimum atomic E-state index is -3.88. The van der Waals surface area contributed by atoms with Crippen LogP contribution in [0, 0.1) is 5.82 Å². The van der Waals surface area contributed by atoms with E-state index >= 15 is 0 Å². The normalized spacial score (nSPS) is 20.4. The van der Waals surface area contributed by atoms with Crippen LogP contribution in [-0.2, 0) is 14.8 Å². The molecule has 1 fully saturated rings. The highest BCUT2D eigenvalue weighted by atomic mass is 79.9. The Labute approximate surface area is 148 Å². The van der Waals surface area contributed by atoms with Crippen molar-refractivity contribution in [3.63, 3.8) is 0 Å². The second kappa shape index (κ2) is 7.50.